The molecule has 0 heterocycles. The van der Waals surface area contributed by atoms with Crippen LogP contribution in [0.3, 0.4) is 0 Å². The molecule has 0 fully saturated rings. The second-order valence-electron chi connectivity index (χ2n) is 5.69. The van der Waals surface area contributed by atoms with E-state index >= 15 is 0 Å². The van der Waals surface area contributed by atoms with E-state index in [2.05, 4.69) is 29.6 Å². The van der Waals surface area contributed by atoms with E-state index in [4.69, 9.17) is 5.73 Å². The van der Waals surface area contributed by atoms with Gasteiger partial charge in [-0.15, -0.1) is 0 Å². The summed E-state index contributed by atoms with van der Waals surface area (Å²) in [7, 11) is 0. The molecule has 0 radical (unpaired) electrons. The minimum Gasteiger partial charge on any atom is -0.382 e. The highest BCUT2D eigenvalue weighted by Gasteiger charge is 2.17. The van der Waals surface area contributed by atoms with Crippen LogP contribution in [0.2, 0.25) is 0 Å². The lowest BCUT2D eigenvalue weighted by atomic mass is 9.88. The Morgan fingerprint density at radius 3 is 2.52 bits per heavy atom. The fourth-order valence-corrected chi connectivity index (χ4v) is 2.98. The second kappa shape index (κ2) is 6.00. The summed E-state index contributed by atoms with van der Waals surface area (Å²) in [5, 5.41) is 3.59. The Hall–Kier alpha value is -2.29. The summed E-state index contributed by atoms with van der Waals surface area (Å²) in [6.07, 6.45) is 3.66. The summed E-state index contributed by atoms with van der Waals surface area (Å²) in [5.74, 6) is -0.292. The third-order valence-corrected chi connectivity index (χ3v) is 4.05. The molecule has 0 saturated heterocycles. The SMILES string of the molecule is NC(=O)Cc1ccc(NC2CCc3ccccc3C2)cc1. The third kappa shape index (κ3) is 3.43. The Bertz CT molecular complexity index is 634. The molecule has 0 spiro atoms. The Balaban J connectivity index is 1.64. The van der Waals surface area contributed by atoms with Crippen LogP contribution in [0, 0.1) is 0 Å². The molecule has 2 aromatic carbocycles. The number of benzene rings is 2. The van der Waals surface area contributed by atoms with Crippen molar-refractivity contribution in [2.45, 2.75) is 31.7 Å². The lowest BCUT2D eigenvalue weighted by Crippen LogP contribution is -2.27. The van der Waals surface area contributed by atoms with E-state index in [1.54, 1.807) is 0 Å². The van der Waals surface area contributed by atoms with Crippen molar-refractivity contribution in [1.29, 1.82) is 0 Å². The smallest absolute Gasteiger partial charge is 0.221 e. The first-order valence-corrected chi connectivity index (χ1v) is 7.41. The van der Waals surface area contributed by atoms with Crippen molar-refractivity contribution in [1.82, 2.24) is 0 Å². The van der Waals surface area contributed by atoms with Gasteiger partial charge in [0.15, 0.2) is 0 Å². The zero-order valence-electron chi connectivity index (χ0n) is 12.0. The van der Waals surface area contributed by atoms with Crippen LogP contribution in [-0.4, -0.2) is 11.9 Å². The molecule has 3 rings (SSSR count). The molecule has 1 atom stereocenters. The van der Waals surface area contributed by atoms with E-state index in [9.17, 15) is 4.79 Å². The summed E-state index contributed by atoms with van der Waals surface area (Å²) in [6, 6.07) is 17.1. The number of primary amides is 1. The van der Waals surface area contributed by atoms with Crippen molar-refractivity contribution in [3.63, 3.8) is 0 Å². The first kappa shape index (κ1) is 13.7. The number of carbonyl (C=O) groups excluding carboxylic acids is 1. The fraction of sp³-hybridized carbons (Fsp3) is 0.278. The molecule has 3 N–H and O–H groups in total. The second-order valence-corrected chi connectivity index (χ2v) is 5.69. The third-order valence-electron chi connectivity index (χ3n) is 4.05. The molecule has 1 unspecified atom stereocenters. The van der Waals surface area contributed by atoms with Crippen LogP contribution in [0.25, 0.3) is 0 Å². The largest absolute Gasteiger partial charge is 0.382 e. The van der Waals surface area contributed by atoms with Crippen LogP contribution < -0.4 is 11.1 Å². The van der Waals surface area contributed by atoms with Crippen LogP contribution in [0.15, 0.2) is 48.5 Å². The molecule has 0 aromatic heterocycles. The van der Waals surface area contributed by atoms with Gasteiger partial charge in [-0.1, -0.05) is 36.4 Å². The molecule has 0 bridgehead atoms. The number of rotatable bonds is 4. The summed E-state index contributed by atoms with van der Waals surface area (Å²) in [5.41, 5.74) is 10.2. The van der Waals surface area contributed by atoms with Crippen molar-refractivity contribution >= 4 is 11.6 Å². The van der Waals surface area contributed by atoms with Crippen molar-refractivity contribution in [2.24, 2.45) is 5.73 Å². The van der Waals surface area contributed by atoms with Gasteiger partial charge in [-0.05, 0) is 48.1 Å². The number of hydrogen-bond acceptors (Lipinski definition) is 2. The summed E-state index contributed by atoms with van der Waals surface area (Å²) in [6.45, 7) is 0. The van der Waals surface area contributed by atoms with Crippen molar-refractivity contribution < 1.29 is 4.79 Å². The lowest BCUT2D eigenvalue weighted by Gasteiger charge is -2.26. The van der Waals surface area contributed by atoms with Crippen LogP contribution in [0.1, 0.15) is 23.1 Å². The highest BCUT2D eigenvalue weighted by atomic mass is 16.1. The van der Waals surface area contributed by atoms with Gasteiger partial charge >= 0.3 is 0 Å². The predicted octanol–water partition coefficient (Wildman–Crippen LogP) is 2.68. The minimum atomic E-state index is -0.292. The Labute approximate surface area is 125 Å². The number of amides is 1. The van der Waals surface area contributed by atoms with Crippen LogP contribution in [-0.2, 0) is 24.1 Å². The van der Waals surface area contributed by atoms with E-state index in [1.165, 1.54) is 11.1 Å². The van der Waals surface area contributed by atoms with E-state index in [0.29, 0.717) is 12.5 Å². The Kier molecular flexibility index (Phi) is 3.91. The molecule has 21 heavy (non-hydrogen) atoms. The lowest BCUT2D eigenvalue weighted by molar-refractivity contribution is -0.117. The zero-order chi connectivity index (χ0) is 14.7. The van der Waals surface area contributed by atoms with E-state index in [-0.39, 0.29) is 5.91 Å². The monoisotopic (exact) mass is 280 g/mol. The molecule has 1 aliphatic carbocycles. The fourth-order valence-electron chi connectivity index (χ4n) is 2.98. The molecule has 0 saturated carbocycles. The van der Waals surface area contributed by atoms with Crippen LogP contribution in [0.5, 0.6) is 0 Å². The minimum absolute atomic E-state index is 0.292. The zero-order valence-corrected chi connectivity index (χ0v) is 12.0. The molecular formula is C18H20N2O. The van der Waals surface area contributed by atoms with Gasteiger partial charge in [0.2, 0.25) is 5.91 Å². The maximum Gasteiger partial charge on any atom is 0.221 e. The van der Waals surface area contributed by atoms with Gasteiger partial charge in [0.1, 0.15) is 0 Å². The molecule has 1 aliphatic rings. The van der Waals surface area contributed by atoms with E-state index in [1.807, 2.05) is 24.3 Å². The average Bonchev–Trinajstić information content (AvgIpc) is 2.49. The van der Waals surface area contributed by atoms with Crippen LogP contribution >= 0.6 is 0 Å². The molecule has 108 valence electrons. The van der Waals surface area contributed by atoms with Gasteiger partial charge in [-0.2, -0.15) is 0 Å². The molecule has 2 aromatic rings. The van der Waals surface area contributed by atoms with Crippen molar-refractivity contribution in [2.75, 3.05) is 5.32 Å². The van der Waals surface area contributed by atoms with Gasteiger partial charge in [0.05, 0.1) is 6.42 Å². The highest BCUT2D eigenvalue weighted by Crippen LogP contribution is 2.23. The quantitative estimate of drug-likeness (QED) is 0.904. The normalized spacial score (nSPS) is 17.0. The van der Waals surface area contributed by atoms with Crippen LogP contribution in [0.4, 0.5) is 5.69 Å². The number of anilines is 1. The van der Waals surface area contributed by atoms with Gasteiger partial charge in [-0.3, -0.25) is 4.79 Å². The Morgan fingerprint density at radius 1 is 1.10 bits per heavy atom. The first-order valence-electron chi connectivity index (χ1n) is 7.41. The molecular weight excluding hydrogens is 260 g/mol. The number of aryl methyl sites for hydroxylation is 1. The first-order chi connectivity index (χ1) is 10.2. The van der Waals surface area contributed by atoms with E-state index in [0.717, 1.165) is 30.5 Å². The topological polar surface area (TPSA) is 55.1 Å². The molecule has 0 aliphatic heterocycles. The maximum absolute atomic E-state index is 10.9. The maximum atomic E-state index is 10.9. The summed E-state index contributed by atoms with van der Waals surface area (Å²) < 4.78 is 0. The number of carbonyl (C=O) groups is 1. The van der Waals surface area contributed by atoms with Gasteiger partial charge in [0.25, 0.3) is 0 Å². The van der Waals surface area contributed by atoms with E-state index < -0.39 is 0 Å². The van der Waals surface area contributed by atoms with Gasteiger partial charge in [0, 0.05) is 11.7 Å². The standard InChI is InChI=1S/C18H20N2O/c19-18(21)11-13-5-8-16(9-6-13)20-17-10-7-14-3-1-2-4-15(14)12-17/h1-6,8-9,17,20H,7,10-12H2,(H2,19,21). The van der Waals surface area contributed by atoms with Crippen molar-refractivity contribution in [3.8, 4) is 0 Å². The van der Waals surface area contributed by atoms with Gasteiger partial charge < -0.3 is 11.1 Å². The number of nitrogens with two attached hydrogens (primary N) is 1. The van der Waals surface area contributed by atoms with Gasteiger partial charge in [-0.25, -0.2) is 0 Å². The molecule has 3 heteroatoms. The number of nitrogens with one attached hydrogen (secondary N) is 1. The number of hydrogen-bond donors (Lipinski definition) is 2. The summed E-state index contributed by atoms with van der Waals surface area (Å²) in [4.78, 5) is 10.9. The predicted molar refractivity (Wildman–Crippen MR) is 85.2 cm³/mol. The highest BCUT2D eigenvalue weighted by molar-refractivity contribution is 5.76. The number of fused-ring (bicyclic) bond motifs is 1. The Morgan fingerprint density at radius 2 is 1.81 bits per heavy atom. The summed E-state index contributed by atoms with van der Waals surface area (Å²) >= 11 is 0. The molecule has 3 nitrogen and oxygen atoms in total. The average molecular weight is 280 g/mol. The van der Waals surface area contributed by atoms with Crippen molar-refractivity contribution in [3.05, 3.63) is 65.2 Å². The molecule has 1 amide bonds.